The van der Waals surface area contributed by atoms with Crippen molar-refractivity contribution in [3.8, 4) is 0 Å². The summed E-state index contributed by atoms with van der Waals surface area (Å²) >= 11 is 2.00. The highest BCUT2D eigenvalue weighted by Crippen LogP contribution is 2.19. The fourth-order valence-electron chi connectivity index (χ4n) is 1.93. The molecule has 3 rings (SSSR count). The van der Waals surface area contributed by atoms with Gasteiger partial charge in [-0.15, -0.1) is 0 Å². The van der Waals surface area contributed by atoms with Gasteiger partial charge in [0.1, 0.15) is 12.1 Å². The molecule has 0 saturated carbocycles. The fraction of sp³-hybridized carbons (Fsp3) is 0.500. The van der Waals surface area contributed by atoms with Gasteiger partial charge in [0.2, 0.25) is 0 Å². The first-order chi connectivity index (χ1) is 7.84. The molecule has 1 aliphatic rings. The Morgan fingerprint density at radius 2 is 2.12 bits per heavy atom. The second kappa shape index (κ2) is 3.93. The molecule has 3 heterocycles. The summed E-state index contributed by atoms with van der Waals surface area (Å²) in [5.74, 6) is 4.16. The average molecular weight is 235 g/mol. The Morgan fingerprint density at radius 3 is 2.94 bits per heavy atom. The molecule has 5 nitrogen and oxygen atoms in total. The first-order valence-corrected chi connectivity index (χ1v) is 6.50. The molecule has 0 aliphatic carbocycles. The van der Waals surface area contributed by atoms with E-state index in [1.807, 2.05) is 23.2 Å². The van der Waals surface area contributed by atoms with Crippen LogP contribution in [0, 0.1) is 6.92 Å². The standard InChI is InChI=1S/C10H13N5S/c1-8-6-9(14-2-4-16-5-3-14)15-10(13-8)11-7-12-15/h6-7H,2-5H2,1H3. The first kappa shape index (κ1) is 9.89. The SMILES string of the molecule is Cc1cc(N2CCSCC2)n2ncnc2n1. The Kier molecular flexibility index (Phi) is 2.43. The third-order valence-electron chi connectivity index (χ3n) is 2.70. The van der Waals surface area contributed by atoms with Gasteiger partial charge in [-0.25, -0.2) is 4.98 Å². The zero-order chi connectivity index (χ0) is 11.0. The molecule has 1 aliphatic heterocycles. The van der Waals surface area contributed by atoms with Crippen molar-refractivity contribution < 1.29 is 0 Å². The predicted octanol–water partition coefficient (Wildman–Crippen LogP) is 0.986. The number of aryl methyl sites for hydroxylation is 1. The highest BCUT2D eigenvalue weighted by atomic mass is 32.2. The van der Waals surface area contributed by atoms with Crippen LogP contribution in [0.3, 0.4) is 0 Å². The maximum absolute atomic E-state index is 4.35. The van der Waals surface area contributed by atoms with E-state index in [0.717, 1.165) is 24.6 Å². The number of hydrogen-bond donors (Lipinski definition) is 0. The zero-order valence-corrected chi connectivity index (χ0v) is 9.94. The number of rotatable bonds is 1. The van der Waals surface area contributed by atoms with Crippen molar-refractivity contribution in [3.63, 3.8) is 0 Å². The third-order valence-corrected chi connectivity index (χ3v) is 3.64. The van der Waals surface area contributed by atoms with E-state index in [2.05, 4.69) is 26.0 Å². The largest absolute Gasteiger partial charge is 0.355 e. The van der Waals surface area contributed by atoms with Gasteiger partial charge in [0.25, 0.3) is 5.78 Å². The smallest absolute Gasteiger partial charge is 0.254 e. The van der Waals surface area contributed by atoms with Crippen molar-refractivity contribution in [1.82, 2.24) is 19.6 Å². The zero-order valence-electron chi connectivity index (χ0n) is 9.13. The molecular weight excluding hydrogens is 222 g/mol. The molecule has 0 N–H and O–H groups in total. The van der Waals surface area contributed by atoms with Gasteiger partial charge in [0, 0.05) is 36.4 Å². The maximum Gasteiger partial charge on any atom is 0.254 e. The number of thioether (sulfide) groups is 1. The molecule has 16 heavy (non-hydrogen) atoms. The van der Waals surface area contributed by atoms with Crippen molar-refractivity contribution in [2.45, 2.75) is 6.92 Å². The van der Waals surface area contributed by atoms with Crippen molar-refractivity contribution >= 4 is 23.4 Å². The molecule has 0 atom stereocenters. The van der Waals surface area contributed by atoms with Crippen molar-refractivity contribution in [1.29, 1.82) is 0 Å². The van der Waals surface area contributed by atoms with Gasteiger partial charge in [0.15, 0.2) is 0 Å². The lowest BCUT2D eigenvalue weighted by molar-refractivity contribution is 0.792. The van der Waals surface area contributed by atoms with Crippen LogP contribution >= 0.6 is 11.8 Å². The predicted molar refractivity (Wildman–Crippen MR) is 65.1 cm³/mol. The van der Waals surface area contributed by atoms with Crippen LogP contribution in [0.1, 0.15) is 5.69 Å². The number of anilines is 1. The van der Waals surface area contributed by atoms with Crippen LogP contribution in [0.15, 0.2) is 12.4 Å². The molecule has 1 saturated heterocycles. The summed E-state index contributed by atoms with van der Waals surface area (Å²) in [5, 5.41) is 4.23. The summed E-state index contributed by atoms with van der Waals surface area (Å²) in [5.41, 5.74) is 0.994. The van der Waals surface area contributed by atoms with Crippen LogP contribution in [0.2, 0.25) is 0 Å². The highest BCUT2D eigenvalue weighted by Gasteiger charge is 2.15. The minimum Gasteiger partial charge on any atom is -0.355 e. The van der Waals surface area contributed by atoms with Gasteiger partial charge >= 0.3 is 0 Å². The topological polar surface area (TPSA) is 46.3 Å². The van der Waals surface area contributed by atoms with E-state index in [1.54, 1.807) is 6.33 Å². The number of hydrogen-bond acceptors (Lipinski definition) is 5. The minimum atomic E-state index is 0.688. The lowest BCUT2D eigenvalue weighted by Gasteiger charge is -2.28. The maximum atomic E-state index is 4.35. The van der Waals surface area contributed by atoms with Crippen LogP contribution < -0.4 is 4.90 Å². The van der Waals surface area contributed by atoms with Crippen LogP contribution in [0.5, 0.6) is 0 Å². The van der Waals surface area contributed by atoms with Crippen LogP contribution in [-0.4, -0.2) is 44.2 Å². The van der Waals surface area contributed by atoms with E-state index >= 15 is 0 Å². The monoisotopic (exact) mass is 235 g/mol. The normalized spacial score (nSPS) is 16.9. The summed E-state index contributed by atoms with van der Waals surface area (Å²) in [4.78, 5) is 10.8. The quantitative estimate of drug-likeness (QED) is 0.737. The number of fused-ring (bicyclic) bond motifs is 1. The lowest BCUT2D eigenvalue weighted by Crippen LogP contribution is -2.34. The molecular formula is C10H13N5S. The third kappa shape index (κ3) is 1.63. The molecule has 1 fully saturated rings. The number of aromatic nitrogens is 4. The molecule has 84 valence electrons. The van der Waals surface area contributed by atoms with E-state index in [1.165, 1.54) is 11.5 Å². The van der Waals surface area contributed by atoms with Crippen LogP contribution in [-0.2, 0) is 0 Å². The van der Waals surface area contributed by atoms with Gasteiger partial charge < -0.3 is 4.90 Å². The summed E-state index contributed by atoms with van der Waals surface area (Å²) < 4.78 is 1.82. The van der Waals surface area contributed by atoms with Crippen molar-refractivity contribution in [2.75, 3.05) is 29.5 Å². The van der Waals surface area contributed by atoms with Gasteiger partial charge in [0.05, 0.1) is 0 Å². The molecule has 0 radical (unpaired) electrons. The molecule has 0 aromatic carbocycles. The molecule has 2 aromatic rings. The van der Waals surface area contributed by atoms with Gasteiger partial charge in [-0.3, -0.25) is 0 Å². The fourth-order valence-corrected chi connectivity index (χ4v) is 2.83. The summed E-state index contributed by atoms with van der Waals surface area (Å²) in [7, 11) is 0. The number of nitrogens with zero attached hydrogens (tertiary/aromatic N) is 5. The minimum absolute atomic E-state index is 0.688. The second-order valence-electron chi connectivity index (χ2n) is 3.83. The second-order valence-corrected chi connectivity index (χ2v) is 5.05. The Hall–Kier alpha value is -1.30. The summed E-state index contributed by atoms with van der Waals surface area (Å²) in [6.07, 6.45) is 1.56. The summed E-state index contributed by atoms with van der Waals surface area (Å²) in [6.45, 7) is 4.14. The molecule has 0 spiro atoms. The molecule has 0 unspecified atom stereocenters. The van der Waals surface area contributed by atoms with E-state index in [4.69, 9.17) is 0 Å². The van der Waals surface area contributed by atoms with E-state index < -0.39 is 0 Å². The van der Waals surface area contributed by atoms with E-state index in [0.29, 0.717) is 5.78 Å². The Labute approximate surface area is 97.9 Å². The molecule has 0 amide bonds. The van der Waals surface area contributed by atoms with E-state index in [-0.39, 0.29) is 0 Å². The Bertz CT molecular complexity index is 503. The highest BCUT2D eigenvalue weighted by molar-refractivity contribution is 7.99. The van der Waals surface area contributed by atoms with Crippen molar-refractivity contribution in [2.24, 2.45) is 0 Å². The van der Waals surface area contributed by atoms with Gasteiger partial charge in [-0.05, 0) is 6.92 Å². The Morgan fingerprint density at radius 1 is 1.31 bits per heavy atom. The Balaban J connectivity index is 2.09. The van der Waals surface area contributed by atoms with Gasteiger partial charge in [-0.2, -0.15) is 26.4 Å². The van der Waals surface area contributed by atoms with Gasteiger partial charge in [-0.1, -0.05) is 0 Å². The van der Waals surface area contributed by atoms with Crippen LogP contribution in [0.4, 0.5) is 5.82 Å². The first-order valence-electron chi connectivity index (χ1n) is 5.35. The lowest BCUT2D eigenvalue weighted by atomic mass is 10.4. The van der Waals surface area contributed by atoms with Crippen LogP contribution in [0.25, 0.3) is 5.78 Å². The molecule has 2 aromatic heterocycles. The molecule has 6 heteroatoms. The summed E-state index contributed by atoms with van der Waals surface area (Å²) in [6, 6.07) is 2.08. The average Bonchev–Trinajstić information content (AvgIpc) is 2.77. The van der Waals surface area contributed by atoms with E-state index in [9.17, 15) is 0 Å². The molecule has 0 bridgehead atoms. The van der Waals surface area contributed by atoms with Crippen molar-refractivity contribution in [3.05, 3.63) is 18.1 Å².